The molecule has 1 aliphatic rings. The molecule has 1 nitrogen and oxygen atoms in total. The second-order valence-electron chi connectivity index (χ2n) is 5.23. The van der Waals surface area contributed by atoms with Crippen LogP contribution in [0.15, 0.2) is 18.2 Å². The van der Waals surface area contributed by atoms with Crippen molar-refractivity contribution < 1.29 is 0 Å². The van der Waals surface area contributed by atoms with Crippen LogP contribution in [0, 0.1) is 0 Å². The van der Waals surface area contributed by atoms with E-state index in [1.54, 1.807) is 0 Å². The van der Waals surface area contributed by atoms with E-state index in [9.17, 15) is 0 Å². The van der Waals surface area contributed by atoms with Gasteiger partial charge in [0.2, 0.25) is 0 Å². The highest BCUT2D eigenvalue weighted by Gasteiger charge is 2.25. The molecule has 0 amide bonds. The summed E-state index contributed by atoms with van der Waals surface area (Å²) >= 11 is 0. The van der Waals surface area contributed by atoms with E-state index in [-0.39, 0.29) is 5.41 Å². The van der Waals surface area contributed by atoms with Gasteiger partial charge in [-0.05, 0) is 29.0 Å². The highest BCUT2D eigenvalue weighted by atomic mass is 14.9. The molecule has 0 unspecified atom stereocenters. The Morgan fingerprint density at radius 2 is 2.00 bits per heavy atom. The average Bonchev–Trinajstić information content (AvgIpc) is 2.46. The third-order valence-corrected chi connectivity index (χ3v) is 3.07. The zero-order chi connectivity index (χ0) is 10.3. The van der Waals surface area contributed by atoms with Crippen LogP contribution in [-0.4, -0.2) is 0 Å². The van der Waals surface area contributed by atoms with Gasteiger partial charge in [-0.3, -0.25) is 0 Å². The molecule has 1 N–H and O–H groups in total. The summed E-state index contributed by atoms with van der Waals surface area (Å²) in [5, 5.41) is 3.50. The lowest BCUT2D eigenvalue weighted by atomic mass is 9.82. The fourth-order valence-electron chi connectivity index (χ4n) is 2.28. The van der Waals surface area contributed by atoms with Crippen molar-refractivity contribution in [2.75, 3.05) is 0 Å². The third-order valence-electron chi connectivity index (χ3n) is 3.07. The van der Waals surface area contributed by atoms with Crippen LogP contribution in [-0.2, 0) is 12.0 Å². The van der Waals surface area contributed by atoms with E-state index in [1.165, 1.54) is 16.7 Å². The summed E-state index contributed by atoms with van der Waals surface area (Å²) < 4.78 is 0. The summed E-state index contributed by atoms with van der Waals surface area (Å²) in [7, 11) is 0. The number of hydrogen-bond donors (Lipinski definition) is 1. The molecule has 0 aliphatic carbocycles. The largest absolute Gasteiger partial charge is 0.306 e. The molecule has 1 aromatic rings. The van der Waals surface area contributed by atoms with E-state index in [2.05, 4.69) is 51.2 Å². The first-order chi connectivity index (χ1) is 6.50. The number of rotatable bonds is 0. The summed E-state index contributed by atoms with van der Waals surface area (Å²) in [6.45, 7) is 10.1. The van der Waals surface area contributed by atoms with Crippen molar-refractivity contribution in [3.05, 3.63) is 34.9 Å². The Morgan fingerprint density at radius 1 is 1.29 bits per heavy atom. The number of benzene rings is 1. The molecule has 0 spiro atoms. The maximum absolute atomic E-state index is 3.50. The molecule has 0 aromatic heterocycles. The molecule has 14 heavy (non-hydrogen) atoms. The summed E-state index contributed by atoms with van der Waals surface area (Å²) in [6.07, 6.45) is 0. The molecule has 1 heterocycles. The number of fused-ring (bicyclic) bond motifs is 1. The van der Waals surface area contributed by atoms with Gasteiger partial charge >= 0.3 is 0 Å². The van der Waals surface area contributed by atoms with E-state index in [1.807, 2.05) is 0 Å². The molecule has 0 fully saturated rings. The Morgan fingerprint density at radius 3 is 2.64 bits per heavy atom. The zero-order valence-corrected chi connectivity index (χ0v) is 9.52. The lowest BCUT2D eigenvalue weighted by Gasteiger charge is -2.22. The number of nitrogens with one attached hydrogen (secondary N) is 1. The summed E-state index contributed by atoms with van der Waals surface area (Å²) in [5.41, 5.74) is 4.76. The first-order valence-electron chi connectivity index (χ1n) is 5.36. The predicted octanol–water partition coefficient (Wildman–Crippen LogP) is 3.15. The molecule has 0 radical (unpaired) electrons. The molecule has 1 aromatic carbocycles. The van der Waals surface area contributed by atoms with Crippen LogP contribution >= 0.6 is 0 Å². The minimum atomic E-state index is 0.261. The van der Waals surface area contributed by atoms with Crippen LogP contribution in [0.1, 0.15) is 50.4 Å². The summed E-state index contributed by atoms with van der Waals surface area (Å²) in [4.78, 5) is 0. The van der Waals surface area contributed by atoms with E-state index >= 15 is 0 Å². The summed E-state index contributed by atoms with van der Waals surface area (Å²) in [6, 6.07) is 7.21. The smallest absolute Gasteiger partial charge is 0.0298 e. The van der Waals surface area contributed by atoms with Crippen molar-refractivity contribution in [3.8, 4) is 0 Å². The monoisotopic (exact) mass is 189 g/mol. The van der Waals surface area contributed by atoms with Gasteiger partial charge in [0.25, 0.3) is 0 Å². The number of hydrogen-bond acceptors (Lipinski definition) is 1. The van der Waals surface area contributed by atoms with Crippen molar-refractivity contribution in [2.45, 2.75) is 45.7 Å². The first-order valence-corrected chi connectivity index (χ1v) is 5.36. The molecule has 1 heteroatoms. The normalized spacial score (nSPS) is 21.0. The predicted molar refractivity (Wildman–Crippen MR) is 60.4 cm³/mol. The van der Waals surface area contributed by atoms with Gasteiger partial charge in [0.15, 0.2) is 0 Å². The van der Waals surface area contributed by atoms with Gasteiger partial charge in [-0.1, -0.05) is 39.0 Å². The van der Waals surface area contributed by atoms with Crippen LogP contribution in [0.4, 0.5) is 0 Å². The highest BCUT2D eigenvalue weighted by Crippen LogP contribution is 2.33. The standard InChI is InChI=1S/C13H19N/c1-9-10-6-5-7-12(13(2,3)4)11(10)8-14-9/h5-7,9,14H,8H2,1-4H3/t9-/m1/s1. The van der Waals surface area contributed by atoms with E-state index in [0.29, 0.717) is 6.04 Å². The van der Waals surface area contributed by atoms with E-state index in [0.717, 1.165) is 6.54 Å². The average molecular weight is 189 g/mol. The fourth-order valence-corrected chi connectivity index (χ4v) is 2.28. The summed E-state index contributed by atoms with van der Waals surface area (Å²) in [5.74, 6) is 0. The highest BCUT2D eigenvalue weighted by molar-refractivity contribution is 5.43. The maximum atomic E-state index is 3.50. The minimum Gasteiger partial charge on any atom is -0.306 e. The fraction of sp³-hybridized carbons (Fsp3) is 0.538. The molecule has 1 aliphatic heterocycles. The lowest BCUT2D eigenvalue weighted by molar-refractivity contribution is 0.580. The SMILES string of the molecule is C[C@H]1NCc2c1cccc2C(C)(C)C. The van der Waals surface area contributed by atoms with Crippen molar-refractivity contribution in [1.82, 2.24) is 5.32 Å². The Labute approximate surface area is 86.5 Å². The molecule has 1 atom stereocenters. The van der Waals surface area contributed by atoms with Gasteiger partial charge < -0.3 is 5.32 Å². The molecular formula is C13H19N. The Kier molecular flexibility index (Phi) is 2.15. The van der Waals surface area contributed by atoms with Crippen molar-refractivity contribution >= 4 is 0 Å². The van der Waals surface area contributed by atoms with Gasteiger partial charge in [0.1, 0.15) is 0 Å². The van der Waals surface area contributed by atoms with Gasteiger partial charge in [0.05, 0.1) is 0 Å². The zero-order valence-electron chi connectivity index (χ0n) is 9.52. The Hall–Kier alpha value is -0.820. The second-order valence-corrected chi connectivity index (χ2v) is 5.23. The topological polar surface area (TPSA) is 12.0 Å². The van der Waals surface area contributed by atoms with Crippen LogP contribution in [0.5, 0.6) is 0 Å². The molecule has 76 valence electrons. The Balaban J connectivity index is 2.55. The first kappa shape index (κ1) is 9.72. The molecule has 0 bridgehead atoms. The lowest BCUT2D eigenvalue weighted by Crippen LogP contribution is -2.14. The van der Waals surface area contributed by atoms with Crippen molar-refractivity contribution in [2.24, 2.45) is 0 Å². The molecule has 0 saturated heterocycles. The molecule has 2 rings (SSSR count). The van der Waals surface area contributed by atoms with Crippen LogP contribution in [0.2, 0.25) is 0 Å². The van der Waals surface area contributed by atoms with Crippen LogP contribution in [0.3, 0.4) is 0 Å². The third kappa shape index (κ3) is 1.46. The van der Waals surface area contributed by atoms with Gasteiger partial charge in [-0.25, -0.2) is 0 Å². The molecular weight excluding hydrogens is 170 g/mol. The minimum absolute atomic E-state index is 0.261. The maximum Gasteiger partial charge on any atom is 0.0298 e. The van der Waals surface area contributed by atoms with Crippen LogP contribution in [0.25, 0.3) is 0 Å². The van der Waals surface area contributed by atoms with Crippen molar-refractivity contribution in [3.63, 3.8) is 0 Å². The van der Waals surface area contributed by atoms with Crippen molar-refractivity contribution in [1.29, 1.82) is 0 Å². The van der Waals surface area contributed by atoms with E-state index in [4.69, 9.17) is 0 Å². The van der Waals surface area contributed by atoms with Crippen LogP contribution < -0.4 is 5.32 Å². The second kappa shape index (κ2) is 3.09. The molecule has 0 saturated carbocycles. The quantitative estimate of drug-likeness (QED) is 0.661. The van der Waals surface area contributed by atoms with E-state index < -0.39 is 0 Å². The van der Waals surface area contributed by atoms with Gasteiger partial charge in [-0.2, -0.15) is 0 Å². The van der Waals surface area contributed by atoms with Gasteiger partial charge in [0, 0.05) is 12.6 Å². The Bertz CT molecular complexity index is 347. The van der Waals surface area contributed by atoms with Gasteiger partial charge in [-0.15, -0.1) is 0 Å².